The van der Waals surface area contributed by atoms with Crippen LogP contribution in [-0.4, -0.2) is 77.8 Å². The zero-order valence-corrected chi connectivity index (χ0v) is 21.5. The normalized spacial score (nSPS) is 16.3. The summed E-state index contributed by atoms with van der Waals surface area (Å²) in [6.07, 6.45) is -1.79. The Hall–Kier alpha value is -4.30. The minimum Gasteiger partial charge on any atom is -0.406 e. The SMILES string of the molecule is O=C(c1ccc2c(c1)C(=O)N(Cc1ccncc1)C2=O)N1CCN(S(=O)(=O)c2ccc(OC(F)(F)F)cc2)CC1. The number of alkyl halides is 3. The average Bonchev–Trinajstić information content (AvgIpc) is 3.17. The van der Waals surface area contributed by atoms with Crippen molar-refractivity contribution in [3.8, 4) is 5.75 Å². The van der Waals surface area contributed by atoms with Gasteiger partial charge in [0.05, 0.1) is 22.6 Å². The lowest BCUT2D eigenvalue weighted by Gasteiger charge is -2.34. The number of nitrogens with zero attached hydrogens (tertiary/aromatic N) is 4. The molecule has 3 amide bonds. The first-order valence-electron chi connectivity index (χ1n) is 12.0. The van der Waals surface area contributed by atoms with E-state index >= 15 is 0 Å². The summed E-state index contributed by atoms with van der Waals surface area (Å²) in [7, 11) is -4.02. The lowest BCUT2D eigenvalue weighted by atomic mass is 10.0. The zero-order chi connectivity index (χ0) is 28.7. The van der Waals surface area contributed by atoms with Crippen LogP contribution in [-0.2, 0) is 16.6 Å². The first-order chi connectivity index (χ1) is 18.9. The molecule has 1 fully saturated rings. The number of carbonyl (C=O) groups is 3. The highest BCUT2D eigenvalue weighted by molar-refractivity contribution is 7.89. The van der Waals surface area contributed by atoms with Gasteiger partial charge < -0.3 is 9.64 Å². The van der Waals surface area contributed by atoms with Crippen LogP contribution in [0.15, 0.2) is 71.9 Å². The van der Waals surface area contributed by atoms with Gasteiger partial charge in [-0.25, -0.2) is 8.42 Å². The van der Waals surface area contributed by atoms with Gasteiger partial charge in [-0.15, -0.1) is 13.2 Å². The van der Waals surface area contributed by atoms with E-state index in [9.17, 15) is 36.0 Å². The number of aromatic nitrogens is 1. The monoisotopic (exact) mass is 574 g/mol. The van der Waals surface area contributed by atoms with Crippen molar-refractivity contribution in [2.45, 2.75) is 17.8 Å². The number of benzene rings is 2. The molecule has 0 bridgehead atoms. The topological polar surface area (TPSA) is 117 Å². The van der Waals surface area contributed by atoms with Crippen molar-refractivity contribution in [2.75, 3.05) is 26.2 Å². The summed E-state index contributed by atoms with van der Waals surface area (Å²) < 4.78 is 68.0. The van der Waals surface area contributed by atoms with E-state index in [-0.39, 0.29) is 54.3 Å². The van der Waals surface area contributed by atoms with E-state index < -0.39 is 39.9 Å². The van der Waals surface area contributed by atoms with E-state index in [1.54, 1.807) is 24.5 Å². The van der Waals surface area contributed by atoms with Gasteiger partial charge in [0.1, 0.15) is 5.75 Å². The molecular weight excluding hydrogens is 553 g/mol. The van der Waals surface area contributed by atoms with Crippen molar-refractivity contribution in [2.24, 2.45) is 0 Å². The molecule has 2 aliphatic rings. The van der Waals surface area contributed by atoms with Crippen molar-refractivity contribution in [1.82, 2.24) is 19.1 Å². The number of hydrogen-bond donors (Lipinski definition) is 0. The zero-order valence-electron chi connectivity index (χ0n) is 20.7. The molecule has 3 heterocycles. The lowest BCUT2D eigenvalue weighted by Crippen LogP contribution is -2.50. The van der Waals surface area contributed by atoms with Gasteiger partial charge >= 0.3 is 6.36 Å². The van der Waals surface area contributed by atoms with Crippen LogP contribution in [0.1, 0.15) is 36.6 Å². The molecule has 1 saturated heterocycles. The quantitative estimate of drug-likeness (QED) is 0.416. The number of hydrogen-bond acceptors (Lipinski definition) is 7. The van der Waals surface area contributed by atoms with Crippen LogP contribution in [0.25, 0.3) is 0 Å². The fourth-order valence-corrected chi connectivity index (χ4v) is 5.94. The summed E-state index contributed by atoms with van der Waals surface area (Å²) >= 11 is 0. The van der Waals surface area contributed by atoms with Crippen LogP contribution in [0.2, 0.25) is 0 Å². The smallest absolute Gasteiger partial charge is 0.406 e. The molecule has 208 valence electrons. The number of ether oxygens (including phenoxy) is 1. The fourth-order valence-electron chi connectivity index (χ4n) is 4.51. The van der Waals surface area contributed by atoms with Crippen LogP contribution < -0.4 is 4.74 Å². The van der Waals surface area contributed by atoms with Gasteiger partial charge in [-0.05, 0) is 60.2 Å². The largest absolute Gasteiger partial charge is 0.573 e. The number of carbonyl (C=O) groups excluding carboxylic acids is 3. The number of fused-ring (bicyclic) bond motifs is 1. The van der Waals surface area contributed by atoms with E-state index in [4.69, 9.17) is 0 Å². The molecule has 3 aromatic rings. The standard InChI is InChI=1S/C26H21F3N4O6S/c27-26(28,29)39-19-2-4-20(5-3-19)40(37,38)32-13-11-31(12-14-32)23(34)18-1-6-21-22(15-18)25(36)33(24(21)35)16-17-7-9-30-10-8-17/h1-10,15H,11-14,16H2. The molecule has 14 heteroatoms. The third kappa shape index (κ3) is 5.40. The first kappa shape index (κ1) is 27.3. The first-order valence-corrected chi connectivity index (χ1v) is 13.4. The Morgan fingerprint density at radius 1 is 0.875 bits per heavy atom. The molecule has 0 aliphatic carbocycles. The molecule has 40 heavy (non-hydrogen) atoms. The van der Waals surface area contributed by atoms with Gasteiger partial charge in [0.2, 0.25) is 10.0 Å². The highest BCUT2D eigenvalue weighted by atomic mass is 32.2. The Kier molecular flexibility index (Phi) is 7.06. The molecular formula is C26H21F3N4O6S. The number of rotatable bonds is 6. The maximum Gasteiger partial charge on any atom is 0.573 e. The number of sulfonamides is 1. The Morgan fingerprint density at radius 3 is 2.12 bits per heavy atom. The molecule has 2 aromatic carbocycles. The van der Waals surface area contributed by atoms with Crippen molar-refractivity contribution >= 4 is 27.7 Å². The molecule has 10 nitrogen and oxygen atoms in total. The highest BCUT2D eigenvalue weighted by Gasteiger charge is 2.37. The van der Waals surface area contributed by atoms with Crippen molar-refractivity contribution in [3.05, 3.63) is 89.2 Å². The molecule has 0 N–H and O–H groups in total. The average molecular weight is 575 g/mol. The highest BCUT2D eigenvalue weighted by Crippen LogP contribution is 2.28. The number of halogens is 3. The molecule has 0 saturated carbocycles. The summed E-state index contributed by atoms with van der Waals surface area (Å²) in [4.78, 5) is 45.2. The van der Waals surface area contributed by atoms with Gasteiger partial charge in [-0.2, -0.15) is 4.31 Å². The van der Waals surface area contributed by atoms with Gasteiger partial charge in [-0.1, -0.05) is 0 Å². The predicted octanol–water partition coefficient (Wildman–Crippen LogP) is 2.92. The van der Waals surface area contributed by atoms with Crippen LogP contribution in [0.4, 0.5) is 13.2 Å². The van der Waals surface area contributed by atoms with Gasteiger partial charge in [0.15, 0.2) is 0 Å². The van der Waals surface area contributed by atoms with Crippen LogP contribution in [0.5, 0.6) is 5.75 Å². The second kappa shape index (κ2) is 10.4. The molecule has 2 aliphatic heterocycles. The molecule has 1 aromatic heterocycles. The van der Waals surface area contributed by atoms with Gasteiger partial charge in [-0.3, -0.25) is 24.3 Å². The summed E-state index contributed by atoms with van der Waals surface area (Å²) in [5, 5.41) is 0. The summed E-state index contributed by atoms with van der Waals surface area (Å²) in [6.45, 7) is 0.0669. The molecule has 0 atom stereocenters. The minimum atomic E-state index is -4.90. The third-order valence-electron chi connectivity index (χ3n) is 6.53. The van der Waals surface area contributed by atoms with Crippen molar-refractivity contribution in [3.63, 3.8) is 0 Å². The maximum atomic E-state index is 13.2. The van der Waals surface area contributed by atoms with Crippen molar-refractivity contribution in [1.29, 1.82) is 0 Å². The Bertz CT molecular complexity index is 1570. The Balaban J connectivity index is 1.24. The Labute approximate surface area is 226 Å². The van der Waals surface area contributed by atoms with E-state index in [0.717, 1.165) is 39.0 Å². The number of pyridine rings is 1. The molecule has 5 rings (SSSR count). The van der Waals surface area contributed by atoms with Crippen LogP contribution in [0.3, 0.4) is 0 Å². The van der Waals surface area contributed by atoms with E-state index in [1.165, 1.54) is 23.1 Å². The molecule has 0 unspecified atom stereocenters. The second-order valence-corrected chi connectivity index (χ2v) is 11.0. The number of piperazine rings is 1. The summed E-state index contributed by atoms with van der Waals surface area (Å²) in [6, 6.07) is 11.5. The second-order valence-electron chi connectivity index (χ2n) is 9.03. The molecule has 0 radical (unpaired) electrons. The molecule has 0 spiro atoms. The predicted molar refractivity (Wildman–Crippen MR) is 133 cm³/mol. The maximum absolute atomic E-state index is 13.2. The summed E-state index contributed by atoms with van der Waals surface area (Å²) in [5.74, 6) is -1.96. The van der Waals surface area contributed by atoms with E-state index in [1.807, 2.05) is 0 Å². The van der Waals surface area contributed by atoms with E-state index in [0.29, 0.717) is 0 Å². The lowest BCUT2D eigenvalue weighted by molar-refractivity contribution is -0.274. The summed E-state index contributed by atoms with van der Waals surface area (Å²) in [5.41, 5.74) is 1.21. The number of amides is 3. The fraction of sp³-hybridized carbons (Fsp3) is 0.231. The Morgan fingerprint density at radius 2 is 1.50 bits per heavy atom. The minimum absolute atomic E-state index is 0.0447. The van der Waals surface area contributed by atoms with Crippen molar-refractivity contribution < 1.29 is 40.7 Å². The third-order valence-corrected chi connectivity index (χ3v) is 8.44. The van der Waals surface area contributed by atoms with Gasteiger partial charge in [0, 0.05) is 44.1 Å². The number of imide groups is 1. The van der Waals surface area contributed by atoms with Crippen LogP contribution in [0, 0.1) is 0 Å². The van der Waals surface area contributed by atoms with Gasteiger partial charge in [0.25, 0.3) is 17.7 Å². The van der Waals surface area contributed by atoms with Crippen LogP contribution >= 0.6 is 0 Å². The van der Waals surface area contributed by atoms with E-state index in [2.05, 4.69) is 9.72 Å².